The van der Waals surface area contributed by atoms with Gasteiger partial charge < -0.3 is 9.73 Å². The Bertz CT molecular complexity index is 2220. The van der Waals surface area contributed by atoms with Crippen molar-refractivity contribution in [3.05, 3.63) is 124 Å². The summed E-state index contributed by atoms with van der Waals surface area (Å²) in [6, 6.07) is 23.3. The second kappa shape index (κ2) is 11.8. The lowest BCUT2D eigenvalue weighted by molar-refractivity contribution is 0.0958. The number of hydrogen-bond donors (Lipinski definition) is 1. The van der Waals surface area contributed by atoms with Gasteiger partial charge in [-0.15, -0.1) is 6.42 Å². The van der Waals surface area contributed by atoms with E-state index in [0.717, 1.165) is 23.3 Å². The molecule has 0 atom stereocenters. The predicted octanol–water partition coefficient (Wildman–Crippen LogP) is 5.02. The molecule has 0 saturated heterocycles. The number of anilines is 1. The molecule has 0 radical (unpaired) electrons. The van der Waals surface area contributed by atoms with Gasteiger partial charge in [0.25, 0.3) is 26.0 Å². The number of nitrogens with zero attached hydrogens (tertiary/aromatic N) is 1. The SMILES string of the molecule is C#CCNC(=O)c1ccc(S(=O)(=O)N(c2ccc3oc(=O)c(-c4ccccc4C)cc3c2)S(=O)(=O)c2ccc(C)cc2)cc1. The number of carbonyl (C=O) groups is 1. The number of fused-ring (bicyclic) bond motifs is 1. The Hall–Kier alpha value is -5.18. The van der Waals surface area contributed by atoms with Gasteiger partial charge in [0.1, 0.15) is 5.58 Å². The van der Waals surface area contributed by atoms with Gasteiger partial charge in [0, 0.05) is 10.9 Å². The van der Waals surface area contributed by atoms with Crippen molar-refractivity contribution in [2.75, 3.05) is 10.3 Å². The molecule has 0 spiro atoms. The monoisotopic (exact) mass is 626 g/mol. The van der Waals surface area contributed by atoms with Gasteiger partial charge in [-0.25, -0.2) is 21.6 Å². The molecule has 5 aromatic rings. The molecule has 4 aromatic carbocycles. The van der Waals surface area contributed by atoms with E-state index in [1.54, 1.807) is 37.3 Å². The van der Waals surface area contributed by atoms with Crippen molar-refractivity contribution >= 4 is 42.6 Å². The van der Waals surface area contributed by atoms with E-state index in [2.05, 4.69) is 11.2 Å². The normalized spacial score (nSPS) is 11.6. The van der Waals surface area contributed by atoms with E-state index in [-0.39, 0.29) is 38.7 Å². The molecule has 222 valence electrons. The Morgan fingerprint density at radius 3 is 2.05 bits per heavy atom. The van der Waals surface area contributed by atoms with Crippen molar-refractivity contribution in [1.82, 2.24) is 5.32 Å². The number of terminal acetylenes is 1. The zero-order valence-corrected chi connectivity index (χ0v) is 25.3. The Balaban J connectivity index is 1.69. The van der Waals surface area contributed by atoms with Gasteiger partial charge in [0.2, 0.25) is 0 Å². The minimum absolute atomic E-state index is 0.0188. The molecule has 9 nitrogen and oxygen atoms in total. The molecule has 0 fully saturated rings. The third kappa shape index (κ3) is 5.73. The highest BCUT2D eigenvalue weighted by Crippen LogP contribution is 2.34. The summed E-state index contributed by atoms with van der Waals surface area (Å²) in [4.78, 5) is 24.5. The topological polar surface area (TPSA) is 131 Å². The lowest BCUT2D eigenvalue weighted by Crippen LogP contribution is -2.37. The van der Waals surface area contributed by atoms with Gasteiger partial charge in [-0.1, -0.05) is 47.9 Å². The van der Waals surface area contributed by atoms with Crippen LogP contribution in [0.15, 0.2) is 116 Å². The van der Waals surface area contributed by atoms with Gasteiger partial charge in [-0.2, -0.15) is 3.71 Å². The van der Waals surface area contributed by atoms with Crippen molar-refractivity contribution < 1.29 is 26.0 Å². The third-order valence-electron chi connectivity index (χ3n) is 6.88. The van der Waals surface area contributed by atoms with Crippen LogP contribution in [-0.2, 0) is 20.0 Å². The zero-order valence-electron chi connectivity index (χ0n) is 23.6. The highest BCUT2D eigenvalue weighted by Gasteiger charge is 2.37. The number of aryl methyl sites for hydroxylation is 2. The Morgan fingerprint density at radius 1 is 0.818 bits per heavy atom. The summed E-state index contributed by atoms with van der Waals surface area (Å²) >= 11 is 0. The second-order valence-electron chi connectivity index (χ2n) is 9.92. The van der Waals surface area contributed by atoms with Gasteiger partial charge in [-0.3, -0.25) is 4.79 Å². The molecule has 0 unspecified atom stereocenters. The maximum Gasteiger partial charge on any atom is 0.344 e. The zero-order chi connectivity index (χ0) is 31.6. The van der Waals surface area contributed by atoms with Gasteiger partial charge in [0.05, 0.1) is 27.6 Å². The van der Waals surface area contributed by atoms with Crippen LogP contribution in [0.25, 0.3) is 22.1 Å². The average molecular weight is 627 g/mol. The van der Waals surface area contributed by atoms with Crippen LogP contribution >= 0.6 is 0 Å². The van der Waals surface area contributed by atoms with E-state index in [1.165, 1.54) is 42.5 Å². The first-order chi connectivity index (χ1) is 20.9. The van der Waals surface area contributed by atoms with E-state index < -0.39 is 31.6 Å². The molecular formula is C33H26N2O7S2. The molecule has 5 rings (SSSR count). The van der Waals surface area contributed by atoms with E-state index in [9.17, 15) is 26.4 Å². The fourth-order valence-corrected chi connectivity index (χ4v) is 8.28. The molecule has 44 heavy (non-hydrogen) atoms. The second-order valence-corrected chi connectivity index (χ2v) is 13.7. The van der Waals surface area contributed by atoms with E-state index in [4.69, 9.17) is 10.8 Å². The van der Waals surface area contributed by atoms with Crippen LogP contribution in [0.4, 0.5) is 5.69 Å². The number of nitrogens with one attached hydrogen (secondary N) is 1. The number of rotatable bonds is 8. The molecule has 0 aliphatic carbocycles. The van der Waals surface area contributed by atoms with Crippen LogP contribution in [-0.4, -0.2) is 29.3 Å². The maximum atomic E-state index is 14.1. The summed E-state index contributed by atoms with van der Waals surface area (Å²) in [6.45, 7) is 3.59. The molecule has 11 heteroatoms. The number of benzene rings is 4. The highest BCUT2D eigenvalue weighted by atomic mass is 32.3. The van der Waals surface area contributed by atoms with Crippen LogP contribution in [0.5, 0.6) is 0 Å². The average Bonchev–Trinajstić information content (AvgIpc) is 3.00. The first-order valence-electron chi connectivity index (χ1n) is 13.3. The molecule has 1 amide bonds. The third-order valence-corrected chi connectivity index (χ3v) is 11.1. The van der Waals surface area contributed by atoms with Crippen LogP contribution < -0.4 is 14.7 Å². The lowest BCUT2D eigenvalue weighted by atomic mass is 10.0. The van der Waals surface area contributed by atoms with Gasteiger partial charge >= 0.3 is 5.63 Å². The fraction of sp³-hybridized carbons (Fsp3) is 0.0909. The number of carbonyl (C=O) groups excluding carboxylic acids is 1. The Kier molecular flexibility index (Phi) is 8.15. The maximum absolute atomic E-state index is 14.1. The Morgan fingerprint density at radius 2 is 1.43 bits per heavy atom. The summed E-state index contributed by atoms with van der Waals surface area (Å²) < 4.78 is 62.3. The minimum atomic E-state index is -4.79. The molecular weight excluding hydrogens is 601 g/mol. The summed E-state index contributed by atoms with van der Waals surface area (Å²) in [5.74, 6) is 1.76. The largest absolute Gasteiger partial charge is 0.422 e. The first-order valence-corrected chi connectivity index (χ1v) is 16.1. The van der Waals surface area contributed by atoms with Crippen LogP contribution in [0.2, 0.25) is 0 Å². The van der Waals surface area contributed by atoms with Crippen molar-refractivity contribution in [2.45, 2.75) is 23.6 Å². The first kappa shape index (κ1) is 30.3. The van der Waals surface area contributed by atoms with E-state index in [0.29, 0.717) is 14.7 Å². The summed E-state index contributed by atoms with van der Waals surface area (Å²) in [5.41, 5.74) is 1.93. The van der Waals surface area contributed by atoms with Crippen molar-refractivity contribution in [3.63, 3.8) is 0 Å². The fourth-order valence-electron chi connectivity index (χ4n) is 4.61. The molecule has 0 bridgehead atoms. The minimum Gasteiger partial charge on any atom is -0.422 e. The predicted molar refractivity (Wildman–Crippen MR) is 168 cm³/mol. The van der Waals surface area contributed by atoms with Gasteiger partial charge in [-0.05, 0) is 85.6 Å². The summed E-state index contributed by atoms with van der Waals surface area (Å²) in [5, 5.41) is 2.79. The van der Waals surface area contributed by atoms with Crippen molar-refractivity contribution in [3.8, 4) is 23.5 Å². The standard InChI is InChI=1S/C33H26N2O7S2/c1-4-19-34-32(36)24-11-16-28(17-12-24)44(40,41)35(43(38,39)27-14-9-22(2)10-15-27)26-13-18-31-25(20-26)21-30(33(37)42-31)29-8-6-5-7-23(29)3/h1,5-18,20-21H,19H2,2-3H3,(H,34,36). The molecule has 0 aliphatic rings. The van der Waals surface area contributed by atoms with Crippen LogP contribution in [0.3, 0.4) is 0 Å². The summed E-state index contributed by atoms with van der Waals surface area (Å²) in [6.07, 6.45) is 5.18. The smallest absolute Gasteiger partial charge is 0.344 e. The van der Waals surface area contributed by atoms with E-state index in [1.807, 2.05) is 19.1 Å². The number of sulfonamides is 2. The van der Waals surface area contributed by atoms with Gasteiger partial charge in [0.15, 0.2) is 0 Å². The van der Waals surface area contributed by atoms with Crippen molar-refractivity contribution in [1.29, 1.82) is 0 Å². The number of amides is 1. The molecule has 1 heterocycles. The number of hydrogen-bond acceptors (Lipinski definition) is 7. The highest BCUT2D eigenvalue weighted by molar-refractivity contribution is 8.10. The van der Waals surface area contributed by atoms with Crippen molar-refractivity contribution in [2.24, 2.45) is 0 Å². The Labute approximate surface area is 254 Å². The lowest BCUT2D eigenvalue weighted by Gasteiger charge is -2.24. The van der Waals surface area contributed by atoms with E-state index >= 15 is 0 Å². The molecule has 1 N–H and O–H groups in total. The molecule has 0 aliphatic heterocycles. The quantitative estimate of drug-likeness (QED) is 0.189. The molecule has 0 saturated carbocycles. The van der Waals surface area contributed by atoms with Crippen LogP contribution in [0.1, 0.15) is 21.5 Å². The molecule has 1 aromatic heterocycles. The van der Waals surface area contributed by atoms with Crippen LogP contribution in [0, 0.1) is 26.2 Å². The summed E-state index contributed by atoms with van der Waals surface area (Å²) in [7, 11) is -9.50.